The van der Waals surface area contributed by atoms with Crippen LogP contribution in [0.3, 0.4) is 0 Å². The molecule has 0 saturated carbocycles. The molecule has 8 N–H and O–H groups in total. The van der Waals surface area contributed by atoms with Crippen molar-refractivity contribution in [2.75, 3.05) is 22.1 Å². The van der Waals surface area contributed by atoms with E-state index in [1.165, 1.54) is 43.0 Å². The number of nitrogens with two attached hydrogens (primary N) is 2. The molecule has 0 unspecified atom stereocenters. The summed E-state index contributed by atoms with van der Waals surface area (Å²) in [5.74, 6) is 0.157. The number of nitrogen functional groups attached to an aromatic ring is 2. The first-order valence-corrected chi connectivity index (χ1v) is 20.3. The largest absolute Gasteiger partial charge is 0.488 e. The van der Waals surface area contributed by atoms with E-state index >= 15 is 0 Å². The fraction of sp³-hybridized carbons (Fsp3) is 0. The maximum atomic E-state index is 11.5. The van der Waals surface area contributed by atoms with Crippen molar-refractivity contribution in [1.29, 1.82) is 0 Å². The average Bonchev–Trinajstić information content (AvgIpc) is 3.83. The highest BCUT2D eigenvalue weighted by molar-refractivity contribution is 14.1. The van der Waals surface area contributed by atoms with Gasteiger partial charge in [-0.05, 0) is 113 Å². The van der Waals surface area contributed by atoms with Crippen LogP contribution in [-0.4, -0.2) is 68.5 Å². The zero-order chi connectivity index (χ0) is 44.7. The molecule has 62 heavy (non-hydrogen) atoms. The van der Waals surface area contributed by atoms with Gasteiger partial charge in [-0.25, -0.2) is 29.3 Å². The van der Waals surface area contributed by atoms with Gasteiger partial charge in [-0.15, -0.1) is 0 Å². The number of nitrogens with one attached hydrogen (secondary N) is 2. The lowest BCUT2D eigenvalue weighted by molar-refractivity contribution is -0.112. The predicted octanol–water partition coefficient (Wildman–Crippen LogP) is 7.30. The molecule has 0 spiro atoms. The summed E-state index contributed by atoms with van der Waals surface area (Å²) in [6.45, 7) is 6.85. The van der Waals surface area contributed by atoms with Crippen LogP contribution in [0.4, 0.5) is 23.0 Å². The first-order valence-electron chi connectivity index (χ1n) is 17.7. The van der Waals surface area contributed by atoms with Gasteiger partial charge in [0.15, 0.2) is 11.3 Å². The third-order valence-electron chi connectivity index (χ3n) is 8.51. The number of halogens is 5. The lowest BCUT2D eigenvalue weighted by Gasteiger charge is -2.05. The third kappa shape index (κ3) is 10.5. The van der Waals surface area contributed by atoms with Crippen LogP contribution in [-0.2, 0) is 9.59 Å². The Morgan fingerprint density at radius 2 is 1.11 bits per heavy atom. The third-order valence-corrected chi connectivity index (χ3v) is 10.7. The standard InChI is InChI=1S/C20H14Cl2N6O.C14H11IN6O.C6H5BCl2O2/c1-2-16(29)26-12-4-6-13(7-5-12)28-20-17(19(23)24-10-25-20)18(27-28)11-3-8-14(21)15(22)9-11;1-2-10(22)19-8-3-5-9(6-4-8)21-14-11(12(15)20-21)13(16)17-7-18-14;8-5-2-1-4(7(10)11)3-6(5)9/h2-10H,1H2,(H,26,29)(H2,23,24,25);2-7H,1H2,(H,19,22)(H2,16,17,18);1-3,10-11H. The molecule has 0 aliphatic heterocycles. The fourth-order valence-electron chi connectivity index (χ4n) is 5.54. The lowest BCUT2D eigenvalue weighted by atomic mass is 9.80. The van der Waals surface area contributed by atoms with Gasteiger partial charge in [0.1, 0.15) is 33.7 Å². The number of nitrogens with zero attached hydrogens (tertiary/aromatic N) is 8. The highest BCUT2D eigenvalue weighted by Crippen LogP contribution is 2.35. The van der Waals surface area contributed by atoms with Crippen LogP contribution in [0.5, 0.6) is 0 Å². The number of amides is 2. The number of carbonyl (C=O) groups excluding carboxylic acids is 2. The topological polar surface area (TPSA) is 238 Å². The van der Waals surface area contributed by atoms with E-state index in [1.807, 2.05) is 24.3 Å². The van der Waals surface area contributed by atoms with Crippen molar-refractivity contribution in [1.82, 2.24) is 39.5 Å². The second kappa shape index (κ2) is 20.2. The van der Waals surface area contributed by atoms with Crippen molar-refractivity contribution >= 4 is 138 Å². The van der Waals surface area contributed by atoms with E-state index in [1.54, 1.807) is 51.8 Å². The molecule has 0 bridgehead atoms. The summed E-state index contributed by atoms with van der Waals surface area (Å²) in [7, 11) is -1.50. The van der Waals surface area contributed by atoms with Gasteiger partial charge in [0.2, 0.25) is 11.8 Å². The molecule has 22 heteroatoms. The zero-order valence-electron chi connectivity index (χ0n) is 31.7. The maximum Gasteiger partial charge on any atom is 0.488 e. The quantitative estimate of drug-likeness (QED) is 0.0500. The number of aromatic nitrogens is 8. The van der Waals surface area contributed by atoms with Gasteiger partial charge in [-0.1, -0.05) is 71.7 Å². The van der Waals surface area contributed by atoms with Gasteiger partial charge in [0, 0.05) is 16.9 Å². The smallest absolute Gasteiger partial charge is 0.423 e. The first-order chi connectivity index (χ1) is 29.7. The highest BCUT2D eigenvalue weighted by Gasteiger charge is 2.19. The molecule has 0 aliphatic rings. The summed E-state index contributed by atoms with van der Waals surface area (Å²) in [6, 6.07) is 24.0. The predicted molar refractivity (Wildman–Crippen MR) is 254 cm³/mol. The monoisotopic (exact) mass is 1020 g/mol. The van der Waals surface area contributed by atoms with Crippen LogP contribution in [0.15, 0.2) is 123 Å². The van der Waals surface area contributed by atoms with E-state index in [-0.39, 0.29) is 11.8 Å². The minimum atomic E-state index is -1.50. The van der Waals surface area contributed by atoms with Crippen molar-refractivity contribution in [3.8, 4) is 22.6 Å². The summed E-state index contributed by atoms with van der Waals surface area (Å²) in [5.41, 5.74) is 17.7. The number of carbonyl (C=O) groups is 2. The molecule has 2 amide bonds. The molecule has 0 atom stereocenters. The number of rotatable bonds is 8. The molecular formula is C40H30BCl4IN12O4. The van der Waals surface area contributed by atoms with Crippen LogP contribution >= 0.6 is 69.0 Å². The molecule has 0 saturated heterocycles. The molecule has 16 nitrogen and oxygen atoms in total. The normalized spacial score (nSPS) is 10.6. The van der Waals surface area contributed by atoms with E-state index in [2.05, 4.69) is 71.4 Å². The summed E-state index contributed by atoms with van der Waals surface area (Å²) in [5, 5.41) is 34.8. The van der Waals surface area contributed by atoms with Crippen LogP contribution in [0, 0.1) is 3.70 Å². The van der Waals surface area contributed by atoms with Gasteiger partial charge >= 0.3 is 7.12 Å². The first kappa shape index (κ1) is 45.4. The van der Waals surface area contributed by atoms with E-state index in [9.17, 15) is 9.59 Å². The molecule has 8 rings (SSSR count). The van der Waals surface area contributed by atoms with E-state index in [4.69, 9.17) is 73.0 Å². The number of hydrogen-bond acceptors (Lipinski definition) is 12. The Balaban J connectivity index is 0.000000171. The number of fused-ring (bicyclic) bond motifs is 2. The Hall–Kier alpha value is -6.13. The lowest BCUT2D eigenvalue weighted by Crippen LogP contribution is -2.29. The SMILES string of the molecule is C=CC(=O)Nc1ccc(-n2nc(-c3ccc(Cl)c(Cl)c3)c3c(N)ncnc32)cc1.C=CC(=O)Nc1ccc(-n2nc(I)c3c(N)ncnc32)cc1.OB(O)c1ccc(Cl)c(Cl)c1. The van der Waals surface area contributed by atoms with Crippen LogP contribution in [0.25, 0.3) is 44.7 Å². The van der Waals surface area contributed by atoms with Crippen LogP contribution in [0.2, 0.25) is 20.1 Å². The van der Waals surface area contributed by atoms with Crippen LogP contribution in [0.1, 0.15) is 0 Å². The molecule has 0 fully saturated rings. The minimum absolute atomic E-state index is 0.257. The molecular weight excluding hydrogens is 992 g/mol. The molecule has 4 heterocycles. The minimum Gasteiger partial charge on any atom is -0.423 e. The van der Waals surface area contributed by atoms with Gasteiger partial charge in [0.05, 0.1) is 42.2 Å². The summed E-state index contributed by atoms with van der Waals surface area (Å²) in [6.07, 6.45) is 5.22. The molecule has 4 aromatic carbocycles. The molecule has 8 aromatic rings. The van der Waals surface area contributed by atoms with Crippen molar-refractivity contribution in [3.63, 3.8) is 0 Å². The number of hydrogen-bond donors (Lipinski definition) is 6. The molecule has 0 radical (unpaired) electrons. The van der Waals surface area contributed by atoms with Crippen molar-refractivity contribution < 1.29 is 19.6 Å². The molecule has 4 aromatic heterocycles. The highest BCUT2D eigenvalue weighted by atomic mass is 127. The fourth-order valence-corrected chi connectivity index (χ4v) is 6.88. The zero-order valence-corrected chi connectivity index (χ0v) is 36.9. The summed E-state index contributed by atoms with van der Waals surface area (Å²) in [4.78, 5) is 39.4. The Kier molecular flexibility index (Phi) is 14.8. The van der Waals surface area contributed by atoms with E-state index < -0.39 is 7.12 Å². The van der Waals surface area contributed by atoms with Crippen molar-refractivity contribution in [3.05, 3.63) is 147 Å². The van der Waals surface area contributed by atoms with E-state index in [0.717, 1.165) is 26.0 Å². The van der Waals surface area contributed by atoms with Crippen LogP contribution < -0.4 is 27.6 Å². The molecule has 312 valence electrons. The van der Waals surface area contributed by atoms with Gasteiger partial charge in [0.25, 0.3) is 0 Å². The Morgan fingerprint density at radius 1 is 0.645 bits per heavy atom. The summed E-state index contributed by atoms with van der Waals surface area (Å²) >= 11 is 25.5. The van der Waals surface area contributed by atoms with E-state index in [0.29, 0.717) is 70.9 Å². The maximum absolute atomic E-state index is 11.5. The molecule has 0 aliphatic carbocycles. The van der Waals surface area contributed by atoms with Crippen molar-refractivity contribution in [2.24, 2.45) is 0 Å². The summed E-state index contributed by atoms with van der Waals surface area (Å²) < 4.78 is 4.08. The average molecular weight is 1020 g/mol. The van der Waals surface area contributed by atoms with Gasteiger partial charge < -0.3 is 32.1 Å². The number of anilines is 4. The number of benzene rings is 4. The second-order valence-corrected chi connectivity index (χ2v) is 15.2. The Labute approximate surface area is 386 Å². The Morgan fingerprint density at radius 3 is 1.60 bits per heavy atom. The Bertz CT molecular complexity index is 2970. The van der Waals surface area contributed by atoms with Gasteiger partial charge in [-0.3, -0.25) is 9.59 Å². The van der Waals surface area contributed by atoms with Gasteiger partial charge in [-0.2, -0.15) is 10.2 Å². The van der Waals surface area contributed by atoms with Crippen molar-refractivity contribution in [2.45, 2.75) is 0 Å². The second-order valence-electron chi connectivity index (χ2n) is 12.5.